The van der Waals surface area contributed by atoms with Crippen LogP contribution in [0.5, 0.6) is 0 Å². The number of rotatable bonds is 4. The molecular weight excluding hydrogens is 420 g/mol. The van der Waals surface area contributed by atoms with Crippen LogP contribution in [0.25, 0.3) is 23.3 Å². The topological polar surface area (TPSA) is 26.3 Å². The van der Waals surface area contributed by atoms with Gasteiger partial charge in [-0.2, -0.15) is 0 Å². The minimum absolute atomic E-state index is 0.329. The van der Waals surface area contributed by atoms with Crippen molar-refractivity contribution in [2.24, 2.45) is 0 Å². The third-order valence-electron chi connectivity index (χ3n) is 7.40. The summed E-state index contributed by atoms with van der Waals surface area (Å²) in [7, 11) is -2.07. The molecule has 0 N–H and O–H groups in total. The summed E-state index contributed by atoms with van der Waals surface area (Å²) in [5.41, 5.74) is 8.79. The number of fused-ring (bicyclic) bond motifs is 2. The predicted octanol–water partition coefficient (Wildman–Crippen LogP) is 8.25. The van der Waals surface area contributed by atoms with Crippen LogP contribution in [0.1, 0.15) is 56.4 Å². The molecule has 2 aliphatic rings. The van der Waals surface area contributed by atoms with Crippen molar-refractivity contribution in [1.29, 1.82) is 0 Å². The second kappa shape index (κ2) is 7.36. The van der Waals surface area contributed by atoms with E-state index in [1.807, 2.05) is 13.8 Å². The molecule has 0 aliphatic heterocycles. The summed E-state index contributed by atoms with van der Waals surface area (Å²) in [6, 6.07) is 26.2. The van der Waals surface area contributed by atoms with Crippen LogP contribution in [0.2, 0.25) is 13.1 Å². The van der Waals surface area contributed by atoms with Crippen LogP contribution in [0.3, 0.4) is 0 Å². The molecule has 0 radical (unpaired) electrons. The first-order chi connectivity index (χ1) is 15.9. The Labute approximate surface area is 196 Å². The zero-order chi connectivity index (χ0) is 22.7. The molecule has 2 aromatic heterocycles. The predicted molar refractivity (Wildman–Crippen MR) is 138 cm³/mol. The van der Waals surface area contributed by atoms with Crippen molar-refractivity contribution in [2.45, 2.75) is 38.0 Å². The molecule has 2 atom stereocenters. The molecule has 2 aromatic carbocycles. The van der Waals surface area contributed by atoms with Gasteiger partial charge in [0, 0.05) is 22.2 Å². The molecule has 2 unspecified atom stereocenters. The molecule has 0 fully saturated rings. The lowest BCUT2D eigenvalue weighted by Gasteiger charge is -2.39. The van der Waals surface area contributed by atoms with Crippen molar-refractivity contribution in [3.05, 3.63) is 118 Å². The van der Waals surface area contributed by atoms with Gasteiger partial charge < -0.3 is 8.83 Å². The van der Waals surface area contributed by atoms with Crippen LogP contribution in [-0.2, 0) is 0 Å². The van der Waals surface area contributed by atoms with E-state index in [0.29, 0.717) is 11.1 Å². The summed E-state index contributed by atoms with van der Waals surface area (Å²) < 4.78 is 12.4. The Hall–Kier alpha value is -3.30. The Morgan fingerprint density at radius 3 is 1.39 bits per heavy atom. The zero-order valence-electron chi connectivity index (χ0n) is 19.6. The summed E-state index contributed by atoms with van der Waals surface area (Å²) in [5.74, 6) is 3.91. The summed E-state index contributed by atoms with van der Waals surface area (Å²) in [5, 5.41) is 0. The lowest BCUT2D eigenvalue weighted by Crippen LogP contribution is -2.42. The van der Waals surface area contributed by atoms with Gasteiger partial charge in [-0.25, -0.2) is 0 Å². The maximum atomic E-state index is 6.19. The minimum Gasteiger partial charge on any atom is -0.462 e. The molecule has 6 rings (SSSR count). The Bertz CT molecular complexity index is 1320. The monoisotopic (exact) mass is 448 g/mol. The highest BCUT2D eigenvalue weighted by Crippen LogP contribution is 2.56. The normalized spacial score (nSPS) is 19.3. The number of benzene rings is 2. The third kappa shape index (κ3) is 3.14. The van der Waals surface area contributed by atoms with Gasteiger partial charge in [0.1, 0.15) is 23.0 Å². The standard InChI is InChI=1S/C30H28O2Si/c1-19-13-15-27(31-19)25-17-21-9-5-7-11-23(21)29(25)33(3,4)30-24-12-8-6-10-22(24)18-26(30)28-16-14-20(2)32-28/h5-18,29-30H,1-4H3. The highest BCUT2D eigenvalue weighted by molar-refractivity contribution is 6.84. The van der Waals surface area contributed by atoms with E-state index in [1.165, 1.54) is 33.4 Å². The molecule has 0 spiro atoms. The molecule has 2 aliphatic carbocycles. The molecule has 164 valence electrons. The fourth-order valence-corrected chi connectivity index (χ4v) is 10.5. The first-order valence-electron chi connectivity index (χ1n) is 11.7. The van der Waals surface area contributed by atoms with Gasteiger partial charge >= 0.3 is 0 Å². The summed E-state index contributed by atoms with van der Waals surface area (Å²) in [6.07, 6.45) is 4.71. The molecule has 4 aromatic rings. The molecule has 0 amide bonds. The first-order valence-corrected chi connectivity index (χ1v) is 14.8. The Balaban J connectivity index is 1.54. The average Bonchev–Trinajstić information content (AvgIpc) is 3.57. The fraction of sp³-hybridized carbons (Fsp3) is 0.200. The van der Waals surface area contributed by atoms with Crippen LogP contribution < -0.4 is 0 Å². The Kier molecular flexibility index (Phi) is 4.53. The lowest BCUT2D eigenvalue weighted by atomic mass is 10.1. The Morgan fingerprint density at radius 1 is 0.576 bits per heavy atom. The number of allylic oxidation sites excluding steroid dienone is 2. The highest BCUT2D eigenvalue weighted by atomic mass is 28.3. The van der Waals surface area contributed by atoms with Crippen molar-refractivity contribution in [3.8, 4) is 0 Å². The number of hydrogen-bond donors (Lipinski definition) is 0. The van der Waals surface area contributed by atoms with Gasteiger partial charge in [0.05, 0.1) is 8.07 Å². The molecule has 0 saturated heterocycles. The summed E-state index contributed by atoms with van der Waals surface area (Å²) >= 11 is 0. The van der Waals surface area contributed by atoms with E-state index in [2.05, 4.69) is 98.0 Å². The van der Waals surface area contributed by atoms with Crippen LogP contribution in [0.15, 0.2) is 81.6 Å². The molecule has 0 saturated carbocycles. The van der Waals surface area contributed by atoms with E-state index in [1.54, 1.807) is 0 Å². The Morgan fingerprint density at radius 2 is 1.00 bits per heavy atom. The second-order valence-electron chi connectivity index (χ2n) is 9.97. The maximum absolute atomic E-state index is 6.19. The van der Waals surface area contributed by atoms with Crippen molar-refractivity contribution < 1.29 is 8.83 Å². The van der Waals surface area contributed by atoms with Gasteiger partial charge in [0.2, 0.25) is 0 Å². The van der Waals surface area contributed by atoms with Gasteiger partial charge in [-0.1, -0.05) is 61.6 Å². The van der Waals surface area contributed by atoms with Crippen molar-refractivity contribution in [2.75, 3.05) is 0 Å². The van der Waals surface area contributed by atoms with Crippen molar-refractivity contribution >= 4 is 31.4 Å². The highest BCUT2D eigenvalue weighted by Gasteiger charge is 2.49. The van der Waals surface area contributed by atoms with Crippen LogP contribution in [-0.4, -0.2) is 8.07 Å². The SMILES string of the molecule is Cc1ccc(C2=Cc3ccccc3C2[Si](C)(C)C2C(c3ccc(C)o3)=Cc3ccccc32)o1. The van der Waals surface area contributed by atoms with E-state index in [0.717, 1.165) is 23.0 Å². The zero-order valence-corrected chi connectivity index (χ0v) is 20.6. The molecule has 33 heavy (non-hydrogen) atoms. The first kappa shape index (κ1) is 20.3. The largest absolute Gasteiger partial charge is 0.462 e. The number of aryl methyl sites for hydroxylation is 2. The minimum atomic E-state index is -2.07. The van der Waals surface area contributed by atoms with E-state index in [9.17, 15) is 0 Å². The second-order valence-corrected chi connectivity index (χ2v) is 14.8. The quantitative estimate of drug-likeness (QED) is 0.294. The van der Waals surface area contributed by atoms with E-state index >= 15 is 0 Å². The number of hydrogen-bond acceptors (Lipinski definition) is 2. The van der Waals surface area contributed by atoms with E-state index in [-0.39, 0.29) is 0 Å². The molecule has 2 heterocycles. The van der Waals surface area contributed by atoms with Gasteiger partial charge in [-0.3, -0.25) is 0 Å². The third-order valence-corrected chi connectivity index (χ3v) is 11.6. The van der Waals surface area contributed by atoms with Gasteiger partial charge in [-0.15, -0.1) is 0 Å². The smallest absolute Gasteiger partial charge is 0.130 e. The van der Waals surface area contributed by atoms with Crippen LogP contribution >= 0.6 is 0 Å². The fourth-order valence-electron chi connectivity index (χ4n) is 6.02. The lowest BCUT2D eigenvalue weighted by molar-refractivity contribution is 0.519. The van der Waals surface area contributed by atoms with E-state index in [4.69, 9.17) is 8.83 Å². The molecule has 2 nitrogen and oxygen atoms in total. The van der Waals surface area contributed by atoms with Crippen LogP contribution in [0, 0.1) is 13.8 Å². The summed E-state index contributed by atoms with van der Waals surface area (Å²) in [4.78, 5) is 0. The van der Waals surface area contributed by atoms with Gasteiger partial charge in [0.15, 0.2) is 0 Å². The van der Waals surface area contributed by atoms with Gasteiger partial charge in [0.25, 0.3) is 0 Å². The maximum Gasteiger partial charge on any atom is 0.130 e. The van der Waals surface area contributed by atoms with Crippen molar-refractivity contribution in [3.63, 3.8) is 0 Å². The molecular formula is C30H28O2Si. The molecule has 3 heteroatoms. The van der Waals surface area contributed by atoms with Gasteiger partial charge in [-0.05, 0) is 72.5 Å². The van der Waals surface area contributed by atoms with Crippen LogP contribution in [0.4, 0.5) is 0 Å². The van der Waals surface area contributed by atoms with E-state index < -0.39 is 8.07 Å². The number of furan rings is 2. The average molecular weight is 449 g/mol. The molecule has 0 bridgehead atoms. The summed E-state index contributed by atoms with van der Waals surface area (Å²) in [6.45, 7) is 9.13. The van der Waals surface area contributed by atoms with Crippen molar-refractivity contribution in [1.82, 2.24) is 0 Å².